The van der Waals surface area contributed by atoms with Gasteiger partial charge in [-0.1, -0.05) is 30.3 Å². The van der Waals surface area contributed by atoms with Gasteiger partial charge in [-0.3, -0.25) is 0 Å². The number of nitrogens with zero attached hydrogens (tertiary/aromatic N) is 3. The van der Waals surface area contributed by atoms with E-state index in [9.17, 15) is 4.79 Å². The minimum absolute atomic E-state index is 0.393. The van der Waals surface area contributed by atoms with Crippen molar-refractivity contribution in [1.82, 2.24) is 9.97 Å². The van der Waals surface area contributed by atoms with Gasteiger partial charge in [0.15, 0.2) is 0 Å². The van der Waals surface area contributed by atoms with Crippen LogP contribution in [0.15, 0.2) is 60.8 Å². The largest absolute Gasteiger partial charge is 0.465 e. The highest BCUT2D eigenvalue weighted by Crippen LogP contribution is 2.32. The van der Waals surface area contributed by atoms with E-state index < -0.39 is 5.97 Å². The lowest BCUT2D eigenvalue weighted by Gasteiger charge is -2.18. The van der Waals surface area contributed by atoms with Crippen LogP contribution in [-0.4, -0.2) is 29.6 Å². The van der Waals surface area contributed by atoms with Crippen molar-refractivity contribution in [3.05, 3.63) is 71.9 Å². The van der Waals surface area contributed by atoms with Gasteiger partial charge in [-0.25, -0.2) is 9.78 Å². The van der Waals surface area contributed by atoms with E-state index in [1.165, 1.54) is 12.7 Å². The second kappa shape index (κ2) is 6.84. The number of nitrogens with one attached hydrogen (secondary N) is 1. The summed E-state index contributed by atoms with van der Waals surface area (Å²) in [6, 6.07) is 17.2. The molecule has 6 heteroatoms. The first-order chi connectivity index (χ1) is 12.8. The average molecular weight is 346 g/mol. The first-order valence-corrected chi connectivity index (χ1v) is 8.39. The number of anilines is 4. The Labute approximate surface area is 151 Å². The summed E-state index contributed by atoms with van der Waals surface area (Å²) in [6.07, 6.45) is 2.69. The van der Waals surface area contributed by atoms with E-state index in [2.05, 4.69) is 32.3 Å². The Hall–Kier alpha value is -3.41. The molecule has 4 rings (SSSR count). The summed E-state index contributed by atoms with van der Waals surface area (Å²) in [5, 5.41) is 3.20. The van der Waals surface area contributed by atoms with E-state index in [4.69, 9.17) is 4.74 Å². The molecule has 2 heterocycles. The molecule has 1 N–H and O–H groups in total. The number of hydrogen-bond acceptors (Lipinski definition) is 6. The van der Waals surface area contributed by atoms with Crippen molar-refractivity contribution in [2.24, 2.45) is 0 Å². The maximum Gasteiger partial charge on any atom is 0.339 e. The van der Waals surface area contributed by atoms with E-state index in [0.717, 1.165) is 18.7 Å². The van der Waals surface area contributed by atoms with Gasteiger partial charge in [-0.2, -0.15) is 4.98 Å². The fourth-order valence-electron chi connectivity index (χ4n) is 3.11. The van der Waals surface area contributed by atoms with Crippen LogP contribution in [0.3, 0.4) is 0 Å². The Morgan fingerprint density at radius 1 is 1.12 bits per heavy atom. The smallest absolute Gasteiger partial charge is 0.339 e. The summed E-state index contributed by atoms with van der Waals surface area (Å²) < 4.78 is 4.84. The lowest BCUT2D eigenvalue weighted by atomic mass is 10.2. The monoisotopic (exact) mass is 346 g/mol. The zero-order chi connectivity index (χ0) is 17.9. The van der Waals surface area contributed by atoms with E-state index in [1.807, 2.05) is 24.3 Å². The van der Waals surface area contributed by atoms with Gasteiger partial charge in [0.1, 0.15) is 5.82 Å². The molecule has 0 radical (unpaired) electrons. The zero-order valence-electron chi connectivity index (χ0n) is 14.3. The van der Waals surface area contributed by atoms with Crippen molar-refractivity contribution >= 4 is 29.1 Å². The average Bonchev–Trinajstić information content (AvgIpc) is 3.12. The molecule has 1 aromatic heterocycles. The molecule has 0 amide bonds. The molecule has 6 nitrogen and oxygen atoms in total. The van der Waals surface area contributed by atoms with E-state index in [1.54, 1.807) is 24.4 Å². The van der Waals surface area contributed by atoms with Gasteiger partial charge in [-0.05, 0) is 36.2 Å². The molecule has 0 bridgehead atoms. The number of aromatic nitrogens is 2. The molecule has 130 valence electrons. The third-order valence-corrected chi connectivity index (χ3v) is 4.37. The minimum atomic E-state index is -0.393. The summed E-state index contributed by atoms with van der Waals surface area (Å²) in [5.74, 6) is 0.863. The van der Waals surface area contributed by atoms with Gasteiger partial charge in [0.2, 0.25) is 5.95 Å². The van der Waals surface area contributed by atoms with Crippen molar-refractivity contribution < 1.29 is 9.53 Å². The van der Waals surface area contributed by atoms with Gasteiger partial charge in [0.25, 0.3) is 0 Å². The number of benzene rings is 2. The molecule has 0 fully saturated rings. The number of carbonyl (C=O) groups excluding carboxylic acids is 1. The third kappa shape index (κ3) is 2.97. The Morgan fingerprint density at radius 2 is 1.92 bits per heavy atom. The standard InChI is InChI=1S/C20H18N4O2/c1-26-19(25)15-7-3-4-8-16(15)22-18-10-12-21-20(23-18)24-13-11-14-6-2-5-9-17(14)24/h2-10,12H,11,13H2,1H3,(H,21,22,23). The molecule has 1 aliphatic rings. The number of para-hydroxylation sites is 2. The van der Waals surface area contributed by atoms with Gasteiger partial charge >= 0.3 is 5.97 Å². The normalized spacial score (nSPS) is 12.6. The summed E-state index contributed by atoms with van der Waals surface area (Å²) in [6.45, 7) is 0.849. The van der Waals surface area contributed by atoms with Crippen LogP contribution in [0.2, 0.25) is 0 Å². The Morgan fingerprint density at radius 3 is 2.81 bits per heavy atom. The zero-order valence-corrected chi connectivity index (χ0v) is 14.3. The molecule has 26 heavy (non-hydrogen) atoms. The fourth-order valence-corrected chi connectivity index (χ4v) is 3.11. The second-order valence-electron chi connectivity index (χ2n) is 5.93. The number of hydrogen-bond donors (Lipinski definition) is 1. The highest BCUT2D eigenvalue weighted by molar-refractivity contribution is 5.96. The number of carbonyl (C=O) groups is 1. The third-order valence-electron chi connectivity index (χ3n) is 4.37. The van der Waals surface area contributed by atoms with Crippen LogP contribution in [0.4, 0.5) is 23.1 Å². The molecule has 0 aliphatic carbocycles. The highest BCUT2D eigenvalue weighted by atomic mass is 16.5. The van der Waals surface area contributed by atoms with Crippen LogP contribution < -0.4 is 10.2 Å². The van der Waals surface area contributed by atoms with Gasteiger partial charge in [0.05, 0.1) is 18.4 Å². The van der Waals surface area contributed by atoms with Gasteiger partial charge in [0, 0.05) is 18.4 Å². The first-order valence-electron chi connectivity index (χ1n) is 8.39. The van der Waals surface area contributed by atoms with Crippen LogP contribution in [0.25, 0.3) is 0 Å². The predicted octanol–water partition coefficient (Wildman–Crippen LogP) is 3.70. The molecule has 3 aromatic rings. The molecule has 2 aromatic carbocycles. The first kappa shape index (κ1) is 16.1. The quantitative estimate of drug-likeness (QED) is 0.727. The molecule has 0 saturated carbocycles. The highest BCUT2D eigenvalue weighted by Gasteiger charge is 2.22. The molecule has 0 unspecified atom stereocenters. The molecular weight excluding hydrogens is 328 g/mol. The SMILES string of the molecule is COC(=O)c1ccccc1Nc1ccnc(N2CCc3ccccc32)n1. The lowest BCUT2D eigenvalue weighted by molar-refractivity contribution is 0.0602. The van der Waals surface area contributed by atoms with Crippen LogP contribution in [0.5, 0.6) is 0 Å². The van der Waals surface area contributed by atoms with Crippen molar-refractivity contribution in [2.45, 2.75) is 6.42 Å². The number of esters is 1. The predicted molar refractivity (Wildman–Crippen MR) is 100 cm³/mol. The minimum Gasteiger partial charge on any atom is -0.465 e. The van der Waals surface area contributed by atoms with Crippen LogP contribution in [0.1, 0.15) is 15.9 Å². The molecular formula is C20H18N4O2. The Kier molecular flexibility index (Phi) is 4.23. The summed E-state index contributed by atoms with van der Waals surface area (Å²) in [5.41, 5.74) is 3.54. The second-order valence-corrected chi connectivity index (χ2v) is 5.93. The molecule has 0 atom stereocenters. The molecule has 0 saturated heterocycles. The molecule has 1 aliphatic heterocycles. The lowest BCUT2D eigenvalue weighted by Crippen LogP contribution is -2.16. The van der Waals surface area contributed by atoms with Crippen molar-refractivity contribution in [3.63, 3.8) is 0 Å². The van der Waals surface area contributed by atoms with Crippen LogP contribution in [-0.2, 0) is 11.2 Å². The van der Waals surface area contributed by atoms with E-state index in [-0.39, 0.29) is 0 Å². The summed E-state index contributed by atoms with van der Waals surface area (Å²) >= 11 is 0. The van der Waals surface area contributed by atoms with Gasteiger partial charge in [-0.15, -0.1) is 0 Å². The summed E-state index contributed by atoms with van der Waals surface area (Å²) in [7, 11) is 1.37. The summed E-state index contributed by atoms with van der Waals surface area (Å²) in [4.78, 5) is 23.1. The van der Waals surface area contributed by atoms with Crippen molar-refractivity contribution in [1.29, 1.82) is 0 Å². The maximum atomic E-state index is 11.9. The molecule has 0 spiro atoms. The topological polar surface area (TPSA) is 67.3 Å². The Balaban J connectivity index is 1.63. The van der Waals surface area contributed by atoms with Crippen LogP contribution >= 0.6 is 0 Å². The Bertz CT molecular complexity index is 958. The van der Waals surface area contributed by atoms with Crippen molar-refractivity contribution in [2.75, 3.05) is 23.9 Å². The van der Waals surface area contributed by atoms with Crippen LogP contribution in [0, 0.1) is 0 Å². The number of methoxy groups -OCH3 is 1. The number of fused-ring (bicyclic) bond motifs is 1. The fraction of sp³-hybridized carbons (Fsp3) is 0.150. The van der Waals surface area contributed by atoms with Gasteiger partial charge < -0.3 is 15.0 Å². The van der Waals surface area contributed by atoms with E-state index >= 15 is 0 Å². The maximum absolute atomic E-state index is 11.9. The number of ether oxygens (including phenoxy) is 1. The number of rotatable bonds is 4. The van der Waals surface area contributed by atoms with E-state index in [0.29, 0.717) is 23.0 Å². The van der Waals surface area contributed by atoms with Crippen molar-refractivity contribution in [3.8, 4) is 0 Å².